The summed E-state index contributed by atoms with van der Waals surface area (Å²) in [5.41, 5.74) is 2.82. The van der Waals surface area contributed by atoms with Crippen molar-refractivity contribution >= 4 is 35.2 Å². The molecule has 2 aromatic carbocycles. The third-order valence-corrected chi connectivity index (χ3v) is 7.90. The number of urea groups is 1. The molecule has 0 atom stereocenters. The molecule has 4 amide bonds. The number of carbonyl (C=O) groups excluding carboxylic acids is 3. The number of aliphatic imine (C=N–C) groups is 2. The second-order valence-corrected chi connectivity index (χ2v) is 10.9. The number of amidine groups is 2. The van der Waals surface area contributed by atoms with E-state index in [4.69, 9.17) is 0 Å². The molecule has 214 valence electrons. The largest absolute Gasteiger partial charge is 0.446 e. The molecule has 3 aliphatic heterocycles. The number of hydrogen-bond donors (Lipinski definition) is 1. The van der Waals surface area contributed by atoms with Crippen LogP contribution in [-0.2, 0) is 11.3 Å². The Labute approximate surface area is 241 Å². The van der Waals surface area contributed by atoms with Crippen LogP contribution in [0.4, 0.5) is 4.79 Å². The molecule has 9 heteroatoms. The minimum atomic E-state index is -0.407. The van der Waals surface area contributed by atoms with Crippen molar-refractivity contribution in [3.63, 3.8) is 0 Å². The number of fused-ring (bicyclic) bond motifs is 1. The Kier molecular flexibility index (Phi) is 9.14. The third kappa shape index (κ3) is 6.51. The normalized spacial score (nSPS) is 18.0. The molecule has 0 aliphatic carbocycles. The van der Waals surface area contributed by atoms with Gasteiger partial charge in [0.05, 0.1) is 13.1 Å². The summed E-state index contributed by atoms with van der Waals surface area (Å²) in [6.45, 7) is 8.55. The maximum atomic E-state index is 13.0. The molecule has 1 N–H and O–H groups in total. The topological polar surface area (TPSA) is 97.5 Å². The number of carbonyl (C=O) groups is 3. The summed E-state index contributed by atoms with van der Waals surface area (Å²) in [6.07, 6.45) is 4.69. The predicted molar refractivity (Wildman–Crippen MR) is 160 cm³/mol. The Morgan fingerprint density at radius 2 is 1.71 bits per heavy atom. The number of benzene rings is 2. The van der Waals surface area contributed by atoms with Gasteiger partial charge in [-0.1, -0.05) is 49.2 Å². The number of imide groups is 1. The lowest BCUT2D eigenvalue weighted by Gasteiger charge is -2.32. The van der Waals surface area contributed by atoms with Crippen molar-refractivity contribution < 1.29 is 19.0 Å². The monoisotopic (exact) mass is 555 g/mol. The lowest BCUT2D eigenvalue weighted by atomic mass is 9.93. The highest BCUT2D eigenvalue weighted by atomic mass is 16.2. The van der Waals surface area contributed by atoms with Crippen LogP contribution in [-0.4, -0.2) is 82.3 Å². The van der Waals surface area contributed by atoms with Gasteiger partial charge in [0, 0.05) is 24.2 Å². The zero-order valence-corrected chi connectivity index (χ0v) is 24.0. The van der Waals surface area contributed by atoms with Gasteiger partial charge in [-0.25, -0.2) is 9.59 Å². The van der Waals surface area contributed by atoms with E-state index in [1.54, 1.807) is 24.3 Å². The smallest absolute Gasteiger partial charge is 0.352 e. The fourth-order valence-electron chi connectivity index (χ4n) is 5.63. The SMILES string of the molecule is CCCN1C(=O)C2=NC(c3ccc(C(=O)NCCC4CCN(Cc5ccccc5)CC4)cc3)=NC2=[N+](CCC)C1=O. The van der Waals surface area contributed by atoms with Gasteiger partial charge in [-0.15, -0.1) is 0 Å². The Balaban J connectivity index is 1.14. The Bertz CT molecular complexity index is 1370. The van der Waals surface area contributed by atoms with Gasteiger partial charge in [-0.3, -0.25) is 9.69 Å². The second-order valence-electron chi connectivity index (χ2n) is 10.9. The van der Waals surface area contributed by atoms with Crippen LogP contribution >= 0.6 is 0 Å². The fourth-order valence-corrected chi connectivity index (χ4v) is 5.63. The zero-order chi connectivity index (χ0) is 28.8. The Morgan fingerprint density at radius 3 is 2.39 bits per heavy atom. The van der Waals surface area contributed by atoms with Crippen molar-refractivity contribution in [2.24, 2.45) is 15.9 Å². The average molecular weight is 556 g/mol. The van der Waals surface area contributed by atoms with Crippen LogP contribution in [0.2, 0.25) is 0 Å². The molecule has 3 heterocycles. The summed E-state index contributed by atoms with van der Waals surface area (Å²) in [7, 11) is 0. The first kappa shape index (κ1) is 28.5. The summed E-state index contributed by atoms with van der Waals surface area (Å²) < 4.78 is 1.54. The minimum absolute atomic E-state index is 0.106. The van der Waals surface area contributed by atoms with E-state index >= 15 is 0 Å². The van der Waals surface area contributed by atoms with Crippen LogP contribution in [0.15, 0.2) is 64.6 Å². The van der Waals surface area contributed by atoms with Crippen molar-refractivity contribution in [1.82, 2.24) is 15.1 Å². The lowest BCUT2D eigenvalue weighted by molar-refractivity contribution is -0.435. The maximum Gasteiger partial charge on any atom is 0.446 e. The lowest BCUT2D eigenvalue weighted by Crippen LogP contribution is -2.54. The minimum Gasteiger partial charge on any atom is -0.352 e. The third-order valence-electron chi connectivity index (χ3n) is 7.90. The average Bonchev–Trinajstić information content (AvgIpc) is 3.45. The fraction of sp³-hybridized carbons (Fsp3) is 0.438. The molecule has 9 nitrogen and oxygen atoms in total. The van der Waals surface area contributed by atoms with E-state index in [2.05, 4.69) is 50.5 Å². The number of likely N-dealkylation sites (tertiary alicyclic amines) is 1. The number of amides is 4. The van der Waals surface area contributed by atoms with Crippen LogP contribution in [0.25, 0.3) is 0 Å². The van der Waals surface area contributed by atoms with Gasteiger partial charge in [0.1, 0.15) is 0 Å². The molecule has 1 fully saturated rings. The van der Waals surface area contributed by atoms with Gasteiger partial charge in [0.2, 0.25) is 11.5 Å². The van der Waals surface area contributed by atoms with Gasteiger partial charge in [0.15, 0.2) is 0 Å². The van der Waals surface area contributed by atoms with E-state index in [0.717, 1.165) is 45.3 Å². The standard InChI is InChI=1S/C32H38N6O3/c1-3-18-37-29-27(31(40)38(19-4-2)32(37)41)34-28(35-29)25-10-12-26(13-11-25)30(39)33-17-14-23-15-20-36(21-16-23)22-24-8-6-5-7-9-24/h5-13,23H,3-4,14-22H2,1-2H3/p+1. The first-order valence-electron chi connectivity index (χ1n) is 14.8. The molecule has 0 radical (unpaired) electrons. The van der Waals surface area contributed by atoms with Gasteiger partial charge in [-0.05, 0) is 80.9 Å². The molecule has 3 aliphatic rings. The maximum absolute atomic E-state index is 13.0. The van der Waals surface area contributed by atoms with Crippen molar-refractivity contribution in [3.8, 4) is 0 Å². The van der Waals surface area contributed by atoms with Crippen molar-refractivity contribution in [2.45, 2.75) is 52.5 Å². The second kappa shape index (κ2) is 13.1. The number of piperidine rings is 1. The first-order chi connectivity index (χ1) is 20.0. The van der Waals surface area contributed by atoms with E-state index in [1.165, 1.54) is 15.0 Å². The molecule has 0 spiro atoms. The first-order valence-corrected chi connectivity index (χ1v) is 14.8. The van der Waals surface area contributed by atoms with E-state index in [9.17, 15) is 14.4 Å². The molecule has 2 aromatic rings. The van der Waals surface area contributed by atoms with Crippen molar-refractivity contribution in [3.05, 3.63) is 71.3 Å². The summed E-state index contributed by atoms with van der Waals surface area (Å²) in [6, 6.07) is 17.3. The highest BCUT2D eigenvalue weighted by Crippen LogP contribution is 2.22. The van der Waals surface area contributed by atoms with Crippen molar-refractivity contribution in [1.29, 1.82) is 0 Å². The van der Waals surface area contributed by atoms with E-state index < -0.39 is 5.91 Å². The summed E-state index contributed by atoms with van der Waals surface area (Å²) >= 11 is 0. The van der Waals surface area contributed by atoms with E-state index in [1.807, 2.05) is 13.8 Å². The number of rotatable bonds is 11. The Hall–Kier alpha value is -3.98. The molecule has 1 saturated heterocycles. The predicted octanol–water partition coefficient (Wildman–Crippen LogP) is 4.11. The van der Waals surface area contributed by atoms with Gasteiger partial charge >= 0.3 is 17.8 Å². The van der Waals surface area contributed by atoms with Gasteiger partial charge < -0.3 is 5.32 Å². The van der Waals surface area contributed by atoms with E-state index in [-0.39, 0.29) is 17.6 Å². The number of hydrogen-bond acceptors (Lipinski definition) is 6. The van der Waals surface area contributed by atoms with E-state index in [0.29, 0.717) is 54.8 Å². The van der Waals surface area contributed by atoms with Gasteiger partial charge in [0.25, 0.3) is 5.91 Å². The Morgan fingerprint density at radius 1 is 0.976 bits per heavy atom. The zero-order valence-electron chi connectivity index (χ0n) is 24.0. The molecular formula is C32H39N6O3+. The van der Waals surface area contributed by atoms with Crippen LogP contribution in [0, 0.1) is 5.92 Å². The summed E-state index contributed by atoms with van der Waals surface area (Å²) in [5, 5.41) is 3.07. The molecule has 41 heavy (non-hydrogen) atoms. The molecule has 0 saturated carbocycles. The summed E-state index contributed by atoms with van der Waals surface area (Å²) in [4.78, 5) is 51.5. The summed E-state index contributed by atoms with van der Waals surface area (Å²) in [5.74, 6) is 0.806. The molecular weight excluding hydrogens is 516 g/mol. The van der Waals surface area contributed by atoms with Crippen LogP contribution < -0.4 is 5.32 Å². The highest BCUT2D eigenvalue weighted by molar-refractivity contribution is 6.70. The number of nitrogens with one attached hydrogen (secondary N) is 1. The number of nitrogens with zero attached hydrogens (tertiary/aromatic N) is 5. The molecule has 5 rings (SSSR count). The molecule has 0 unspecified atom stereocenters. The van der Waals surface area contributed by atoms with Crippen LogP contribution in [0.3, 0.4) is 0 Å². The molecule has 0 aromatic heterocycles. The van der Waals surface area contributed by atoms with Crippen LogP contribution in [0.1, 0.15) is 67.4 Å². The van der Waals surface area contributed by atoms with Crippen molar-refractivity contribution in [2.75, 3.05) is 32.7 Å². The molecule has 0 bridgehead atoms. The quantitative estimate of drug-likeness (QED) is 0.422. The van der Waals surface area contributed by atoms with Gasteiger partial charge in [-0.2, -0.15) is 14.5 Å². The highest BCUT2D eigenvalue weighted by Gasteiger charge is 2.47. The van der Waals surface area contributed by atoms with Crippen LogP contribution in [0.5, 0.6) is 0 Å².